The molecule has 0 bridgehead atoms. The maximum absolute atomic E-state index is 13.0. The number of nitrogens with zero attached hydrogens (tertiary/aromatic N) is 5. The van der Waals surface area contributed by atoms with Gasteiger partial charge >= 0.3 is 11.7 Å². The van der Waals surface area contributed by atoms with Crippen molar-refractivity contribution in [1.29, 1.82) is 0 Å². The molecule has 3 aromatic heterocycles. The van der Waals surface area contributed by atoms with Crippen LogP contribution in [0.4, 0.5) is 0 Å². The molecule has 1 aromatic carbocycles. The van der Waals surface area contributed by atoms with Gasteiger partial charge in [-0.1, -0.05) is 15.9 Å². The van der Waals surface area contributed by atoms with Crippen LogP contribution in [0.15, 0.2) is 44.5 Å². The highest BCUT2D eigenvalue weighted by atomic mass is 79.9. The van der Waals surface area contributed by atoms with Crippen molar-refractivity contribution in [3.8, 4) is 5.69 Å². The molecule has 0 N–H and O–H groups in total. The van der Waals surface area contributed by atoms with Crippen LogP contribution in [0.1, 0.15) is 5.69 Å². The number of carbonyl (C=O) groups is 1. The summed E-state index contributed by atoms with van der Waals surface area (Å²) in [5, 5.41) is 0. The van der Waals surface area contributed by atoms with E-state index < -0.39 is 23.8 Å². The Bertz CT molecular complexity index is 1360. The van der Waals surface area contributed by atoms with Gasteiger partial charge in [-0.2, -0.15) is 4.98 Å². The maximum Gasteiger partial charge on any atom is 0.333 e. The summed E-state index contributed by atoms with van der Waals surface area (Å²) in [7, 11) is 2.72. The van der Waals surface area contributed by atoms with Crippen LogP contribution in [-0.4, -0.2) is 36.2 Å². The quantitative estimate of drug-likeness (QED) is 0.444. The molecule has 28 heavy (non-hydrogen) atoms. The van der Waals surface area contributed by atoms with Crippen molar-refractivity contribution in [2.75, 3.05) is 7.11 Å². The van der Waals surface area contributed by atoms with Crippen LogP contribution >= 0.6 is 15.9 Å². The molecule has 0 saturated heterocycles. The molecule has 4 aromatic rings. The molecule has 0 radical (unpaired) electrons. The minimum absolute atomic E-state index is 0.222. The molecular formula is C18H16BrN5O4. The number of hydrogen-bond donors (Lipinski definition) is 0. The Balaban J connectivity index is 2.07. The number of aromatic nitrogens is 5. The van der Waals surface area contributed by atoms with Crippen molar-refractivity contribution in [1.82, 2.24) is 23.1 Å². The van der Waals surface area contributed by atoms with Crippen molar-refractivity contribution in [2.24, 2.45) is 7.05 Å². The molecular weight excluding hydrogens is 430 g/mol. The van der Waals surface area contributed by atoms with Gasteiger partial charge in [0.15, 0.2) is 11.2 Å². The molecule has 0 saturated carbocycles. The summed E-state index contributed by atoms with van der Waals surface area (Å²) in [5.41, 5.74) is 0.974. The van der Waals surface area contributed by atoms with Crippen molar-refractivity contribution in [3.63, 3.8) is 0 Å². The van der Waals surface area contributed by atoms with Crippen LogP contribution in [0.3, 0.4) is 0 Å². The Labute approximate surface area is 166 Å². The minimum atomic E-state index is -0.678. The van der Waals surface area contributed by atoms with E-state index in [1.54, 1.807) is 10.6 Å². The van der Waals surface area contributed by atoms with Crippen LogP contribution in [0.25, 0.3) is 22.6 Å². The molecule has 0 unspecified atom stereocenters. The number of rotatable bonds is 3. The predicted molar refractivity (Wildman–Crippen MR) is 106 cm³/mol. The molecule has 3 heterocycles. The lowest BCUT2D eigenvalue weighted by molar-refractivity contribution is -0.141. The smallest absolute Gasteiger partial charge is 0.333 e. The monoisotopic (exact) mass is 445 g/mol. The van der Waals surface area contributed by atoms with Gasteiger partial charge < -0.3 is 4.74 Å². The summed E-state index contributed by atoms with van der Waals surface area (Å²) < 4.78 is 11.2. The topological polar surface area (TPSA) is 92.5 Å². The molecule has 0 amide bonds. The number of methoxy groups -OCH3 is 1. The second-order valence-corrected chi connectivity index (χ2v) is 7.26. The lowest BCUT2D eigenvalue weighted by atomic mass is 10.3. The molecule has 0 aliphatic heterocycles. The summed E-state index contributed by atoms with van der Waals surface area (Å²) in [6.45, 7) is 1.44. The summed E-state index contributed by atoms with van der Waals surface area (Å²) in [5.74, 6) is -0.180. The number of imidazole rings is 2. The van der Waals surface area contributed by atoms with Gasteiger partial charge in [-0.15, -0.1) is 0 Å². The first-order valence-electron chi connectivity index (χ1n) is 8.36. The Morgan fingerprint density at radius 1 is 1.21 bits per heavy atom. The minimum Gasteiger partial charge on any atom is -0.468 e. The van der Waals surface area contributed by atoms with Gasteiger partial charge in [0.25, 0.3) is 5.56 Å². The summed E-state index contributed by atoms with van der Waals surface area (Å²) in [4.78, 5) is 41.8. The number of esters is 1. The average Bonchev–Trinajstić information content (AvgIpc) is 3.18. The van der Waals surface area contributed by atoms with Gasteiger partial charge in [0.1, 0.15) is 6.54 Å². The number of halogens is 1. The van der Waals surface area contributed by atoms with E-state index >= 15 is 0 Å². The highest BCUT2D eigenvalue weighted by molar-refractivity contribution is 9.10. The van der Waals surface area contributed by atoms with E-state index in [1.165, 1.54) is 18.7 Å². The summed E-state index contributed by atoms with van der Waals surface area (Å²) >= 11 is 3.42. The number of carbonyl (C=O) groups excluding carboxylic acids is 1. The Morgan fingerprint density at radius 3 is 2.54 bits per heavy atom. The lowest BCUT2D eigenvalue weighted by Gasteiger charge is -2.07. The van der Waals surface area contributed by atoms with Gasteiger partial charge in [-0.25, -0.2) is 9.36 Å². The van der Waals surface area contributed by atoms with Crippen molar-refractivity contribution in [3.05, 3.63) is 61.5 Å². The third kappa shape index (κ3) is 2.60. The third-order valence-electron chi connectivity index (χ3n) is 4.63. The van der Waals surface area contributed by atoms with E-state index in [1.807, 2.05) is 35.8 Å². The zero-order valence-electron chi connectivity index (χ0n) is 15.3. The van der Waals surface area contributed by atoms with Gasteiger partial charge in [0, 0.05) is 29.1 Å². The van der Waals surface area contributed by atoms with Gasteiger partial charge in [0.2, 0.25) is 5.78 Å². The highest BCUT2D eigenvalue weighted by Gasteiger charge is 2.21. The van der Waals surface area contributed by atoms with Crippen LogP contribution in [0.5, 0.6) is 0 Å². The molecule has 10 heteroatoms. The van der Waals surface area contributed by atoms with Crippen molar-refractivity contribution >= 4 is 38.8 Å². The zero-order valence-corrected chi connectivity index (χ0v) is 16.9. The van der Waals surface area contributed by atoms with Gasteiger partial charge in [0.05, 0.1) is 7.11 Å². The predicted octanol–water partition coefficient (Wildman–Crippen LogP) is 1.38. The van der Waals surface area contributed by atoms with E-state index in [2.05, 4.69) is 25.7 Å². The molecule has 0 aliphatic carbocycles. The van der Waals surface area contributed by atoms with Gasteiger partial charge in [-0.05, 0) is 31.2 Å². The van der Waals surface area contributed by atoms with E-state index in [-0.39, 0.29) is 11.2 Å². The fraction of sp³-hybridized carbons (Fsp3) is 0.222. The molecule has 0 fully saturated rings. The third-order valence-corrected chi connectivity index (χ3v) is 5.15. The number of benzene rings is 1. The summed E-state index contributed by atoms with van der Waals surface area (Å²) in [6, 6.07) is 7.66. The lowest BCUT2D eigenvalue weighted by Crippen LogP contribution is -2.41. The number of aryl methyl sites for hydroxylation is 2. The molecule has 144 valence electrons. The average molecular weight is 446 g/mol. The first kappa shape index (κ1) is 18.2. The molecule has 0 aliphatic rings. The number of fused-ring (bicyclic) bond motifs is 3. The number of ether oxygens (including phenoxy) is 1. The first-order valence-corrected chi connectivity index (χ1v) is 9.15. The molecule has 4 rings (SSSR count). The van der Waals surface area contributed by atoms with Crippen molar-refractivity contribution < 1.29 is 9.53 Å². The standard InChI is InChI=1S/C18H16BrN5O4/c1-10-8-22-14-15(20-17(22)24(10)12-6-4-11(19)5-7-12)21(2)18(27)23(16(14)26)9-13(25)28-3/h4-8H,9H2,1-3H3. The maximum atomic E-state index is 13.0. The number of hydrogen-bond acceptors (Lipinski definition) is 5. The van der Waals surface area contributed by atoms with Crippen molar-refractivity contribution in [2.45, 2.75) is 13.5 Å². The van der Waals surface area contributed by atoms with E-state index in [0.717, 1.165) is 20.4 Å². The van der Waals surface area contributed by atoms with E-state index in [9.17, 15) is 14.4 Å². The Kier molecular flexibility index (Phi) is 4.22. The second kappa shape index (κ2) is 6.48. The highest BCUT2D eigenvalue weighted by Crippen LogP contribution is 2.22. The van der Waals surface area contributed by atoms with E-state index in [4.69, 9.17) is 0 Å². The molecule has 0 spiro atoms. The first-order chi connectivity index (χ1) is 13.3. The van der Waals surface area contributed by atoms with Gasteiger partial charge in [-0.3, -0.25) is 23.1 Å². The zero-order chi connectivity index (χ0) is 20.2. The summed E-state index contributed by atoms with van der Waals surface area (Å²) in [6.07, 6.45) is 1.78. The fourth-order valence-corrected chi connectivity index (χ4v) is 3.52. The fourth-order valence-electron chi connectivity index (χ4n) is 3.25. The van der Waals surface area contributed by atoms with Crippen LogP contribution in [-0.2, 0) is 23.1 Å². The van der Waals surface area contributed by atoms with E-state index in [0.29, 0.717) is 5.78 Å². The van der Waals surface area contributed by atoms with Crippen LogP contribution < -0.4 is 11.2 Å². The second-order valence-electron chi connectivity index (χ2n) is 6.35. The SMILES string of the molecule is COC(=O)Cn1c(=O)c2c(nc3n(-c4ccc(Br)cc4)c(C)cn23)n(C)c1=O. The molecule has 9 nitrogen and oxygen atoms in total. The largest absolute Gasteiger partial charge is 0.468 e. The Hall–Kier alpha value is -3.14. The van der Waals surface area contributed by atoms with Crippen LogP contribution in [0, 0.1) is 6.92 Å². The normalized spacial score (nSPS) is 11.4. The van der Waals surface area contributed by atoms with Crippen LogP contribution in [0.2, 0.25) is 0 Å². The Morgan fingerprint density at radius 2 is 1.89 bits per heavy atom. The molecule has 0 atom stereocenters.